The molecule has 0 bridgehead atoms. The number of aromatic nitrogens is 2. The normalized spacial score (nSPS) is 10.4. The van der Waals surface area contributed by atoms with E-state index in [1.54, 1.807) is 0 Å². The van der Waals surface area contributed by atoms with Crippen LogP contribution in [0.5, 0.6) is 0 Å². The van der Waals surface area contributed by atoms with Crippen LogP contribution < -0.4 is 5.32 Å². The molecule has 2 aromatic heterocycles. The molecule has 1 N–H and O–H groups in total. The lowest BCUT2D eigenvalue weighted by Gasteiger charge is -1.96. The van der Waals surface area contributed by atoms with E-state index in [0.29, 0.717) is 10.0 Å². The van der Waals surface area contributed by atoms with Gasteiger partial charge >= 0.3 is 0 Å². The molecular formula is C9H9N3OS3. The van der Waals surface area contributed by atoms with Crippen LogP contribution in [-0.4, -0.2) is 22.4 Å². The average molecular weight is 271 g/mol. The molecule has 1 amide bonds. The molecule has 4 nitrogen and oxygen atoms in total. The zero-order valence-corrected chi connectivity index (χ0v) is 11.1. The summed E-state index contributed by atoms with van der Waals surface area (Å²) in [5, 5.41) is 13.0. The quantitative estimate of drug-likeness (QED) is 0.689. The van der Waals surface area contributed by atoms with Crippen LogP contribution in [0, 0.1) is 6.92 Å². The van der Waals surface area contributed by atoms with Gasteiger partial charge in [0, 0.05) is 0 Å². The van der Waals surface area contributed by atoms with Gasteiger partial charge in [-0.05, 0) is 30.2 Å². The summed E-state index contributed by atoms with van der Waals surface area (Å²) >= 11 is 4.32. The predicted molar refractivity (Wildman–Crippen MR) is 68.7 cm³/mol. The lowest BCUT2D eigenvalue weighted by molar-refractivity contribution is 0.103. The highest BCUT2D eigenvalue weighted by molar-refractivity contribution is 8.00. The second-order valence-electron chi connectivity index (χ2n) is 3.02. The van der Waals surface area contributed by atoms with Gasteiger partial charge in [0.05, 0.1) is 4.88 Å². The van der Waals surface area contributed by atoms with Crippen molar-refractivity contribution in [2.24, 2.45) is 0 Å². The highest BCUT2D eigenvalue weighted by atomic mass is 32.2. The third-order valence-electron chi connectivity index (χ3n) is 1.76. The number of nitrogens with one attached hydrogen (secondary N) is 1. The molecule has 84 valence electrons. The molecule has 0 aliphatic carbocycles. The van der Waals surface area contributed by atoms with Gasteiger partial charge in [-0.15, -0.1) is 21.5 Å². The Morgan fingerprint density at radius 1 is 1.50 bits per heavy atom. The second kappa shape index (κ2) is 4.94. The zero-order valence-electron chi connectivity index (χ0n) is 8.68. The van der Waals surface area contributed by atoms with E-state index in [2.05, 4.69) is 15.5 Å². The standard InChI is InChI=1S/C9H9N3OS3/c1-5-3-6(15-4-5)7(13)10-8-11-12-9(14-2)16-8/h3-4H,1-2H3,(H,10,11,13). The summed E-state index contributed by atoms with van der Waals surface area (Å²) in [5.74, 6) is -0.123. The van der Waals surface area contributed by atoms with E-state index in [-0.39, 0.29) is 5.91 Å². The Balaban J connectivity index is 2.07. The van der Waals surface area contributed by atoms with E-state index in [1.807, 2.05) is 24.6 Å². The van der Waals surface area contributed by atoms with E-state index in [0.717, 1.165) is 9.90 Å². The maximum absolute atomic E-state index is 11.8. The van der Waals surface area contributed by atoms with Crippen LogP contribution in [0.2, 0.25) is 0 Å². The largest absolute Gasteiger partial charge is 0.296 e. The van der Waals surface area contributed by atoms with Crippen LogP contribution >= 0.6 is 34.4 Å². The fourth-order valence-electron chi connectivity index (χ4n) is 1.05. The predicted octanol–water partition coefficient (Wildman–Crippen LogP) is 2.88. The number of carbonyl (C=O) groups is 1. The molecule has 2 heterocycles. The molecule has 0 spiro atoms. The van der Waals surface area contributed by atoms with Crippen LogP contribution in [0.25, 0.3) is 0 Å². The van der Waals surface area contributed by atoms with Crippen LogP contribution in [0.4, 0.5) is 5.13 Å². The maximum atomic E-state index is 11.8. The number of aryl methyl sites for hydroxylation is 1. The molecule has 0 unspecified atom stereocenters. The highest BCUT2D eigenvalue weighted by Gasteiger charge is 2.11. The Hall–Kier alpha value is -0.920. The Bertz CT molecular complexity index is 506. The van der Waals surface area contributed by atoms with Gasteiger partial charge in [0.25, 0.3) is 5.91 Å². The van der Waals surface area contributed by atoms with Crippen molar-refractivity contribution < 1.29 is 4.79 Å². The van der Waals surface area contributed by atoms with Crippen molar-refractivity contribution in [3.8, 4) is 0 Å². The lowest BCUT2D eigenvalue weighted by Crippen LogP contribution is -2.09. The van der Waals surface area contributed by atoms with Crippen molar-refractivity contribution >= 4 is 45.5 Å². The van der Waals surface area contributed by atoms with Crippen molar-refractivity contribution in [1.82, 2.24) is 10.2 Å². The molecule has 0 saturated carbocycles. The van der Waals surface area contributed by atoms with Gasteiger partial charge in [-0.1, -0.05) is 23.1 Å². The molecule has 0 aliphatic rings. The SMILES string of the molecule is CSc1nnc(NC(=O)c2cc(C)cs2)s1. The lowest BCUT2D eigenvalue weighted by atomic mass is 10.3. The number of carbonyl (C=O) groups excluding carboxylic acids is 1. The van der Waals surface area contributed by atoms with E-state index in [4.69, 9.17) is 0 Å². The van der Waals surface area contributed by atoms with Crippen LogP contribution in [0.15, 0.2) is 15.8 Å². The molecular weight excluding hydrogens is 262 g/mol. The molecule has 0 fully saturated rings. The summed E-state index contributed by atoms with van der Waals surface area (Å²) in [6.45, 7) is 1.96. The smallest absolute Gasteiger partial charge is 0.267 e. The third-order valence-corrected chi connectivity index (χ3v) is 4.62. The van der Waals surface area contributed by atoms with Crippen molar-refractivity contribution in [2.75, 3.05) is 11.6 Å². The first-order valence-electron chi connectivity index (χ1n) is 4.43. The Morgan fingerprint density at radius 3 is 2.88 bits per heavy atom. The van der Waals surface area contributed by atoms with Gasteiger partial charge in [0.1, 0.15) is 0 Å². The Morgan fingerprint density at radius 2 is 2.31 bits per heavy atom. The van der Waals surface area contributed by atoms with Crippen LogP contribution in [0.1, 0.15) is 15.2 Å². The topological polar surface area (TPSA) is 54.9 Å². The number of hydrogen-bond donors (Lipinski definition) is 1. The number of thioether (sulfide) groups is 1. The summed E-state index contributed by atoms with van der Waals surface area (Å²) in [6.07, 6.45) is 1.93. The fourth-order valence-corrected chi connectivity index (χ4v) is 3.01. The van der Waals surface area contributed by atoms with Crippen LogP contribution in [-0.2, 0) is 0 Å². The first-order chi connectivity index (χ1) is 7.69. The molecule has 0 atom stereocenters. The molecule has 0 radical (unpaired) electrons. The molecule has 2 rings (SSSR count). The van der Waals surface area contributed by atoms with Crippen molar-refractivity contribution in [1.29, 1.82) is 0 Å². The minimum atomic E-state index is -0.123. The monoisotopic (exact) mass is 271 g/mol. The first kappa shape index (κ1) is 11.6. The molecule has 0 aliphatic heterocycles. The van der Waals surface area contributed by atoms with Crippen molar-refractivity contribution in [3.63, 3.8) is 0 Å². The van der Waals surface area contributed by atoms with E-state index >= 15 is 0 Å². The van der Waals surface area contributed by atoms with Crippen molar-refractivity contribution in [3.05, 3.63) is 21.9 Å². The minimum absolute atomic E-state index is 0.123. The summed E-state index contributed by atoms with van der Waals surface area (Å²) < 4.78 is 0.845. The van der Waals surface area contributed by atoms with Gasteiger partial charge in [-0.3, -0.25) is 10.1 Å². The number of anilines is 1. The summed E-state index contributed by atoms with van der Waals surface area (Å²) in [6, 6.07) is 1.86. The molecule has 2 aromatic rings. The van der Waals surface area contributed by atoms with E-state index in [9.17, 15) is 4.79 Å². The summed E-state index contributed by atoms with van der Waals surface area (Å²) in [4.78, 5) is 12.4. The fraction of sp³-hybridized carbons (Fsp3) is 0.222. The van der Waals surface area contributed by atoms with E-state index < -0.39 is 0 Å². The van der Waals surface area contributed by atoms with Crippen molar-refractivity contribution in [2.45, 2.75) is 11.3 Å². The summed E-state index contributed by atoms with van der Waals surface area (Å²) in [5.41, 5.74) is 1.09. The highest BCUT2D eigenvalue weighted by Crippen LogP contribution is 2.24. The number of rotatable bonds is 3. The number of hydrogen-bond acceptors (Lipinski definition) is 6. The Labute approximate surface area is 105 Å². The van der Waals surface area contributed by atoms with Gasteiger partial charge in [0.2, 0.25) is 5.13 Å². The summed E-state index contributed by atoms with van der Waals surface area (Å²) in [7, 11) is 0. The van der Waals surface area contributed by atoms with Gasteiger partial charge in [0.15, 0.2) is 4.34 Å². The van der Waals surface area contributed by atoms with Gasteiger partial charge < -0.3 is 0 Å². The Kier molecular flexibility index (Phi) is 3.57. The zero-order chi connectivity index (χ0) is 11.5. The molecule has 16 heavy (non-hydrogen) atoms. The van der Waals surface area contributed by atoms with Crippen LogP contribution in [0.3, 0.4) is 0 Å². The van der Waals surface area contributed by atoms with E-state index in [1.165, 1.54) is 34.4 Å². The molecule has 0 saturated heterocycles. The van der Waals surface area contributed by atoms with Gasteiger partial charge in [-0.2, -0.15) is 0 Å². The number of nitrogens with zero attached hydrogens (tertiary/aromatic N) is 2. The number of amides is 1. The maximum Gasteiger partial charge on any atom is 0.267 e. The number of thiophene rings is 1. The van der Waals surface area contributed by atoms with Gasteiger partial charge in [-0.25, -0.2) is 0 Å². The molecule has 7 heteroatoms. The third kappa shape index (κ3) is 2.60. The first-order valence-corrected chi connectivity index (χ1v) is 7.35. The average Bonchev–Trinajstić information content (AvgIpc) is 2.87. The minimum Gasteiger partial charge on any atom is -0.296 e. The second-order valence-corrected chi connectivity index (χ2v) is 5.96. The molecule has 0 aromatic carbocycles.